The molecular formula is C21H21ClFN5O. The highest BCUT2D eigenvalue weighted by Gasteiger charge is 2.22. The van der Waals surface area contributed by atoms with E-state index in [1.807, 2.05) is 0 Å². The van der Waals surface area contributed by atoms with Crippen LogP contribution in [0, 0.1) is 5.82 Å². The van der Waals surface area contributed by atoms with E-state index in [-0.39, 0.29) is 6.54 Å². The Morgan fingerprint density at radius 2 is 2.00 bits per heavy atom. The number of carbonyl (C=O) groups is 1. The zero-order chi connectivity index (χ0) is 20.2. The van der Waals surface area contributed by atoms with E-state index < -0.39 is 11.8 Å². The van der Waals surface area contributed by atoms with Crippen LogP contribution in [0.3, 0.4) is 0 Å². The molecule has 0 radical (unpaired) electrons. The molecule has 0 saturated carbocycles. The number of hydrogen-bond donors (Lipinski definition) is 1. The molecule has 2 heterocycles. The van der Waals surface area contributed by atoms with Gasteiger partial charge in [0, 0.05) is 18.7 Å². The van der Waals surface area contributed by atoms with Crippen LogP contribution in [0.4, 0.5) is 20.6 Å². The Hall–Kier alpha value is -2.93. The standard InChI is InChI=1S/C21H21ClFN5O/c22-17-9-3-4-10-18(17)24-21(29)28(16-8-6-7-15(23)13-16)14-20-26-25-19-11-2-1-5-12-27(19)20/h3-4,6-10,13H,1-2,5,11-12,14H2,(H,24,29). The predicted octanol–water partition coefficient (Wildman–Crippen LogP) is 5.04. The van der Waals surface area contributed by atoms with Crippen LogP contribution in [0.1, 0.15) is 30.9 Å². The maximum absolute atomic E-state index is 13.9. The molecule has 2 aromatic carbocycles. The van der Waals surface area contributed by atoms with Crippen LogP contribution in [-0.2, 0) is 19.5 Å². The van der Waals surface area contributed by atoms with Crippen LogP contribution < -0.4 is 10.2 Å². The highest BCUT2D eigenvalue weighted by Crippen LogP contribution is 2.24. The molecule has 150 valence electrons. The molecule has 0 saturated heterocycles. The van der Waals surface area contributed by atoms with E-state index in [0.717, 1.165) is 38.1 Å². The van der Waals surface area contributed by atoms with E-state index in [2.05, 4.69) is 20.1 Å². The molecule has 6 nitrogen and oxygen atoms in total. The summed E-state index contributed by atoms with van der Waals surface area (Å²) >= 11 is 6.18. The van der Waals surface area contributed by atoms with Gasteiger partial charge in [0.25, 0.3) is 0 Å². The molecule has 1 aliphatic rings. The topological polar surface area (TPSA) is 63.1 Å². The van der Waals surface area contributed by atoms with E-state index in [9.17, 15) is 9.18 Å². The second-order valence-corrected chi connectivity index (χ2v) is 7.38. The van der Waals surface area contributed by atoms with Gasteiger partial charge < -0.3 is 9.88 Å². The summed E-state index contributed by atoms with van der Waals surface area (Å²) in [5.74, 6) is 1.20. The minimum absolute atomic E-state index is 0.173. The second-order valence-electron chi connectivity index (χ2n) is 6.97. The third kappa shape index (κ3) is 4.40. The average Bonchev–Trinajstić information content (AvgIpc) is 2.93. The molecule has 4 rings (SSSR count). The lowest BCUT2D eigenvalue weighted by atomic mass is 10.2. The Balaban J connectivity index is 1.65. The van der Waals surface area contributed by atoms with Gasteiger partial charge in [0.2, 0.25) is 0 Å². The lowest BCUT2D eigenvalue weighted by Gasteiger charge is -2.23. The number of urea groups is 1. The van der Waals surface area contributed by atoms with Crippen LogP contribution in [0.25, 0.3) is 0 Å². The van der Waals surface area contributed by atoms with Crippen molar-refractivity contribution in [1.82, 2.24) is 14.8 Å². The molecule has 0 spiro atoms. The van der Waals surface area contributed by atoms with Gasteiger partial charge in [-0.15, -0.1) is 10.2 Å². The van der Waals surface area contributed by atoms with Gasteiger partial charge in [0.05, 0.1) is 17.3 Å². The van der Waals surface area contributed by atoms with Crippen molar-refractivity contribution in [2.24, 2.45) is 0 Å². The molecule has 1 N–H and O–H groups in total. The Morgan fingerprint density at radius 3 is 2.83 bits per heavy atom. The Bertz CT molecular complexity index is 1020. The van der Waals surface area contributed by atoms with Crippen molar-refractivity contribution in [3.8, 4) is 0 Å². The molecule has 0 aliphatic carbocycles. The molecule has 2 amide bonds. The molecule has 1 aliphatic heterocycles. The first-order valence-electron chi connectivity index (χ1n) is 9.61. The number of nitrogens with zero attached hydrogens (tertiary/aromatic N) is 4. The van der Waals surface area contributed by atoms with E-state index in [0.29, 0.717) is 22.2 Å². The minimum Gasteiger partial charge on any atom is -0.313 e. The summed E-state index contributed by atoms with van der Waals surface area (Å²) in [5, 5.41) is 11.8. The van der Waals surface area contributed by atoms with Gasteiger partial charge in [-0.1, -0.05) is 36.2 Å². The highest BCUT2D eigenvalue weighted by atomic mass is 35.5. The second kappa shape index (κ2) is 8.61. The zero-order valence-corrected chi connectivity index (χ0v) is 16.6. The van der Waals surface area contributed by atoms with Crippen molar-refractivity contribution < 1.29 is 9.18 Å². The number of halogens is 2. The van der Waals surface area contributed by atoms with Crippen LogP contribution in [0.2, 0.25) is 5.02 Å². The number of carbonyl (C=O) groups excluding carboxylic acids is 1. The van der Waals surface area contributed by atoms with E-state index in [4.69, 9.17) is 11.6 Å². The van der Waals surface area contributed by atoms with Crippen LogP contribution >= 0.6 is 11.6 Å². The fourth-order valence-corrected chi connectivity index (χ4v) is 3.66. The summed E-state index contributed by atoms with van der Waals surface area (Å²) in [6.07, 6.45) is 4.14. The number of anilines is 2. The van der Waals surface area contributed by atoms with Gasteiger partial charge >= 0.3 is 6.03 Å². The zero-order valence-electron chi connectivity index (χ0n) is 15.8. The first-order chi connectivity index (χ1) is 14.1. The Kier molecular flexibility index (Phi) is 5.76. The largest absolute Gasteiger partial charge is 0.326 e. The molecule has 0 unspecified atom stereocenters. The van der Waals surface area contributed by atoms with Crippen LogP contribution in [0.15, 0.2) is 48.5 Å². The van der Waals surface area contributed by atoms with Gasteiger partial charge in [0.15, 0.2) is 5.82 Å². The number of fused-ring (bicyclic) bond motifs is 1. The highest BCUT2D eigenvalue weighted by molar-refractivity contribution is 6.33. The lowest BCUT2D eigenvalue weighted by molar-refractivity contribution is 0.256. The van der Waals surface area contributed by atoms with Crippen molar-refractivity contribution >= 4 is 29.0 Å². The molecule has 8 heteroatoms. The summed E-state index contributed by atoms with van der Waals surface area (Å²) in [6.45, 7) is 0.994. The number of rotatable bonds is 4. The summed E-state index contributed by atoms with van der Waals surface area (Å²) in [6, 6.07) is 12.5. The monoisotopic (exact) mass is 413 g/mol. The molecule has 0 fully saturated rings. The minimum atomic E-state index is -0.422. The quantitative estimate of drug-likeness (QED) is 0.652. The van der Waals surface area contributed by atoms with Crippen LogP contribution in [0.5, 0.6) is 0 Å². The van der Waals surface area contributed by atoms with Gasteiger partial charge in [0.1, 0.15) is 11.6 Å². The Labute approximate surface area is 173 Å². The molecule has 29 heavy (non-hydrogen) atoms. The number of benzene rings is 2. The van der Waals surface area contributed by atoms with Gasteiger partial charge in [-0.25, -0.2) is 9.18 Å². The van der Waals surface area contributed by atoms with Gasteiger partial charge in [-0.05, 0) is 43.2 Å². The third-order valence-electron chi connectivity index (χ3n) is 4.97. The normalized spacial score (nSPS) is 13.4. The third-order valence-corrected chi connectivity index (χ3v) is 5.30. The van der Waals surface area contributed by atoms with Gasteiger partial charge in [-0.2, -0.15) is 0 Å². The van der Waals surface area contributed by atoms with Crippen molar-refractivity contribution in [3.63, 3.8) is 0 Å². The fraction of sp³-hybridized carbons (Fsp3) is 0.286. The molecule has 1 aromatic heterocycles. The van der Waals surface area contributed by atoms with E-state index >= 15 is 0 Å². The van der Waals surface area contributed by atoms with Crippen molar-refractivity contribution in [2.75, 3.05) is 10.2 Å². The van der Waals surface area contributed by atoms with Crippen molar-refractivity contribution in [1.29, 1.82) is 0 Å². The Morgan fingerprint density at radius 1 is 1.14 bits per heavy atom. The van der Waals surface area contributed by atoms with Crippen molar-refractivity contribution in [3.05, 3.63) is 71.0 Å². The maximum Gasteiger partial charge on any atom is 0.326 e. The predicted molar refractivity (Wildman–Crippen MR) is 111 cm³/mol. The number of para-hydroxylation sites is 1. The molecular weight excluding hydrogens is 393 g/mol. The first-order valence-corrected chi connectivity index (χ1v) is 9.99. The number of aryl methyl sites for hydroxylation is 1. The molecule has 3 aromatic rings. The van der Waals surface area contributed by atoms with Gasteiger partial charge in [-0.3, -0.25) is 4.90 Å². The summed E-state index contributed by atoms with van der Waals surface area (Å²) in [7, 11) is 0. The average molecular weight is 414 g/mol. The summed E-state index contributed by atoms with van der Waals surface area (Å²) in [5.41, 5.74) is 0.918. The number of aromatic nitrogens is 3. The number of nitrogens with one attached hydrogen (secondary N) is 1. The smallest absolute Gasteiger partial charge is 0.313 e. The SMILES string of the molecule is O=C(Nc1ccccc1Cl)N(Cc1nnc2n1CCCCC2)c1cccc(F)c1. The maximum atomic E-state index is 13.9. The van der Waals surface area contributed by atoms with E-state index in [1.54, 1.807) is 36.4 Å². The number of amides is 2. The molecule has 0 bridgehead atoms. The summed E-state index contributed by atoms with van der Waals surface area (Å²) < 4.78 is 15.9. The van der Waals surface area contributed by atoms with Crippen molar-refractivity contribution in [2.45, 2.75) is 38.8 Å². The van der Waals surface area contributed by atoms with Crippen LogP contribution in [-0.4, -0.2) is 20.8 Å². The van der Waals surface area contributed by atoms with E-state index in [1.165, 1.54) is 17.0 Å². The first kappa shape index (κ1) is 19.4. The molecule has 0 atom stereocenters. The lowest BCUT2D eigenvalue weighted by Crippen LogP contribution is -2.35. The fourth-order valence-electron chi connectivity index (χ4n) is 3.47. The number of hydrogen-bond acceptors (Lipinski definition) is 3. The summed E-state index contributed by atoms with van der Waals surface area (Å²) in [4.78, 5) is 14.6.